The van der Waals surface area contributed by atoms with E-state index in [0.29, 0.717) is 6.04 Å². The molecule has 0 spiro atoms. The van der Waals surface area contributed by atoms with Gasteiger partial charge in [0.2, 0.25) is 5.91 Å². The lowest BCUT2D eigenvalue weighted by atomic mass is 9.89. The quantitative estimate of drug-likeness (QED) is 0.851. The van der Waals surface area contributed by atoms with E-state index < -0.39 is 0 Å². The van der Waals surface area contributed by atoms with Crippen LogP contribution < -0.4 is 0 Å². The smallest absolute Gasteiger partial charge is 0.219 e. The van der Waals surface area contributed by atoms with Gasteiger partial charge in [-0.3, -0.25) is 9.69 Å². The molecule has 126 valence electrons. The molecule has 0 saturated carbocycles. The molecule has 1 aromatic carbocycles. The predicted octanol–water partition coefficient (Wildman–Crippen LogP) is 3.34. The Morgan fingerprint density at radius 1 is 1.09 bits per heavy atom. The molecule has 0 aliphatic carbocycles. The van der Waals surface area contributed by atoms with Gasteiger partial charge < -0.3 is 4.90 Å². The van der Waals surface area contributed by atoms with Gasteiger partial charge in [0.1, 0.15) is 0 Å². The van der Waals surface area contributed by atoms with E-state index in [9.17, 15) is 4.79 Å². The van der Waals surface area contributed by atoms with E-state index >= 15 is 0 Å². The highest BCUT2D eigenvalue weighted by Gasteiger charge is 2.29. The normalized spacial score (nSPS) is 23.9. The number of hydrogen-bond donors (Lipinski definition) is 0. The van der Waals surface area contributed by atoms with Gasteiger partial charge in [-0.2, -0.15) is 0 Å². The highest BCUT2D eigenvalue weighted by Crippen LogP contribution is 2.26. The van der Waals surface area contributed by atoms with Crippen molar-refractivity contribution in [1.29, 1.82) is 0 Å². The topological polar surface area (TPSA) is 23.6 Å². The lowest BCUT2D eigenvalue weighted by Crippen LogP contribution is -2.49. The fourth-order valence-corrected chi connectivity index (χ4v) is 4.23. The maximum Gasteiger partial charge on any atom is 0.219 e. The van der Waals surface area contributed by atoms with Crippen LogP contribution in [0.3, 0.4) is 0 Å². The summed E-state index contributed by atoms with van der Waals surface area (Å²) in [6.07, 6.45) is 7.56. The number of aryl methyl sites for hydroxylation is 1. The van der Waals surface area contributed by atoms with Gasteiger partial charge in [0.25, 0.3) is 0 Å². The maximum absolute atomic E-state index is 11.5. The Kier molecular flexibility index (Phi) is 5.71. The molecule has 3 nitrogen and oxygen atoms in total. The lowest BCUT2D eigenvalue weighted by Gasteiger charge is -2.42. The Morgan fingerprint density at radius 2 is 1.83 bits per heavy atom. The van der Waals surface area contributed by atoms with Gasteiger partial charge in [-0.25, -0.2) is 0 Å². The molecule has 2 aliphatic rings. The van der Waals surface area contributed by atoms with Crippen LogP contribution in [0.4, 0.5) is 0 Å². The molecule has 0 radical (unpaired) electrons. The number of hydrogen-bond acceptors (Lipinski definition) is 2. The van der Waals surface area contributed by atoms with Crippen molar-refractivity contribution >= 4 is 5.91 Å². The van der Waals surface area contributed by atoms with Crippen molar-refractivity contribution in [2.75, 3.05) is 26.2 Å². The van der Waals surface area contributed by atoms with Crippen LogP contribution in [0, 0.1) is 5.92 Å². The van der Waals surface area contributed by atoms with Gasteiger partial charge >= 0.3 is 0 Å². The Balaban J connectivity index is 1.46. The van der Waals surface area contributed by atoms with E-state index in [1.54, 1.807) is 6.92 Å². The molecule has 1 unspecified atom stereocenters. The maximum atomic E-state index is 11.5. The number of likely N-dealkylation sites (tertiary alicyclic amines) is 2. The van der Waals surface area contributed by atoms with Crippen LogP contribution in [0.1, 0.15) is 44.6 Å². The van der Waals surface area contributed by atoms with E-state index in [2.05, 4.69) is 35.2 Å². The molecule has 0 bridgehead atoms. The predicted molar refractivity (Wildman–Crippen MR) is 94.3 cm³/mol. The van der Waals surface area contributed by atoms with Crippen molar-refractivity contribution in [3.8, 4) is 0 Å². The van der Waals surface area contributed by atoms with Gasteiger partial charge in [0, 0.05) is 32.6 Å². The monoisotopic (exact) mass is 314 g/mol. The average molecular weight is 314 g/mol. The summed E-state index contributed by atoms with van der Waals surface area (Å²) in [5.41, 5.74) is 1.47. The Labute approximate surface area is 140 Å². The number of rotatable bonds is 4. The van der Waals surface area contributed by atoms with Crippen LogP contribution >= 0.6 is 0 Å². The first-order valence-electron chi connectivity index (χ1n) is 9.26. The number of carbonyl (C=O) groups is 1. The molecule has 23 heavy (non-hydrogen) atoms. The van der Waals surface area contributed by atoms with Crippen LogP contribution in [0.5, 0.6) is 0 Å². The van der Waals surface area contributed by atoms with E-state index in [4.69, 9.17) is 0 Å². The zero-order chi connectivity index (χ0) is 16.1. The van der Waals surface area contributed by atoms with Crippen LogP contribution in [0.25, 0.3) is 0 Å². The van der Waals surface area contributed by atoms with E-state index in [0.717, 1.165) is 31.8 Å². The van der Waals surface area contributed by atoms with Gasteiger partial charge in [0.05, 0.1) is 0 Å². The highest BCUT2D eigenvalue weighted by molar-refractivity contribution is 5.73. The molecule has 0 N–H and O–H groups in total. The fourth-order valence-electron chi connectivity index (χ4n) is 4.23. The summed E-state index contributed by atoms with van der Waals surface area (Å²) in [4.78, 5) is 16.2. The third-order valence-electron chi connectivity index (χ3n) is 5.66. The molecule has 0 aromatic heterocycles. The minimum Gasteiger partial charge on any atom is -0.343 e. The lowest BCUT2D eigenvalue weighted by molar-refractivity contribution is -0.130. The van der Waals surface area contributed by atoms with Crippen molar-refractivity contribution in [2.24, 2.45) is 5.92 Å². The number of amides is 1. The van der Waals surface area contributed by atoms with Crippen molar-refractivity contribution in [1.82, 2.24) is 9.80 Å². The van der Waals surface area contributed by atoms with Crippen LogP contribution in [-0.2, 0) is 11.2 Å². The fraction of sp³-hybridized carbons (Fsp3) is 0.650. The van der Waals surface area contributed by atoms with Gasteiger partial charge in [0.15, 0.2) is 0 Å². The SMILES string of the molecule is CC(=O)N1CCC(N2CCCC(CCc3ccccc3)C2)CC1. The molecule has 2 aliphatic heterocycles. The van der Waals surface area contributed by atoms with E-state index in [1.165, 1.54) is 44.3 Å². The second-order valence-electron chi connectivity index (χ2n) is 7.26. The molecule has 3 heteroatoms. The van der Waals surface area contributed by atoms with E-state index in [-0.39, 0.29) is 5.91 Å². The first kappa shape index (κ1) is 16.5. The van der Waals surface area contributed by atoms with Crippen molar-refractivity contribution in [3.05, 3.63) is 35.9 Å². The Bertz CT molecular complexity index is 494. The summed E-state index contributed by atoms with van der Waals surface area (Å²) in [5.74, 6) is 1.08. The number of carbonyl (C=O) groups excluding carboxylic acids is 1. The second-order valence-corrected chi connectivity index (χ2v) is 7.26. The van der Waals surface area contributed by atoms with Gasteiger partial charge in [-0.1, -0.05) is 30.3 Å². The second kappa shape index (κ2) is 7.96. The standard InChI is InChI=1S/C20H30N2O/c1-17(23)21-14-11-20(12-15-21)22-13-5-8-19(16-22)10-9-18-6-3-2-4-7-18/h2-4,6-7,19-20H,5,8-16H2,1H3. The molecule has 1 amide bonds. The molecular formula is C20H30N2O. The van der Waals surface area contributed by atoms with E-state index in [1.807, 2.05) is 4.90 Å². The molecule has 2 saturated heterocycles. The van der Waals surface area contributed by atoms with Crippen molar-refractivity contribution in [2.45, 2.75) is 51.5 Å². The molecular weight excluding hydrogens is 284 g/mol. The van der Waals surface area contributed by atoms with Crippen LogP contribution in [-0.4, -0.2) is 47.9 Å². The summed E-state index contributed by atoms with van der Waals surface area (Å²) in [6.45, 7) is 6.11. The molecule has 2 fully saturated rings. The largest absolute Gasteiger partial charge is 0.343 e. The highest BCUT2D eigenvalue weighted by atomic mass is 16.2. The number of piperidine rings is 2. The number of nitrogens with zero attached hydrogens (tertiary/aromatic N) is 2. The summed E-state index contributed by atoms with van der Waals surface area (Å²) in [6, 6.07) is 11.6. The summed E-state index contributed by atoms with van der Waals surface area (Å²) < 4.78 is 0. The average Bonchev–Trinajstić information content (AvgIpc) is 2.61. The first-order valence-corrected chi connectivity index (χ1v) is 9.26. The van der Waals surface area contributed by atoms with Gasteiger partial charge in [-0.05, 0) is 56.6 Å². The minimum atomic E-state index is 0.239. The van der Waals surface area contributed by atoms with Crippen LogP contribution in [0.2, 0.25) is 0 Å². The van der Waals surface area contributed by atoms with Crippen molar-refractivity contribution in [3.63, 3.8) is 0 Å². The zero-order valence-electron chi connectivity index (χ0n) is 14.4. The Morgan fingerprint density at radius 3 is 2.52 bits per heavy atom. The van der Waals surface area contributed by atoms with Gasteiger partial charge in [-0.15, -0.1) is 0 Å². The third kappa shape index (κ3) is 4.57. The molecule has 2 heterocycles. The molecule has 1 aromatic rings. The summed E-state index contributed by atoms with van der Waals surface area (Å²) in [5, 5.41) is 0. The third-order valence-corrected chi connectivity index (χ3v) is 5.66. The summed E-state index contributed by atoms with van der Waals surface area (Å²) in [7, 11) is 0. The molecule has 1 atom stereocenters. The zero-order valence-corrected chi connectivity index (χ0v) is 14.4. The number of benzene rings is 1. The van der Waals surface area contributed by atoms with Crippen molar-refractivity contribution < 1.29 is 4.79 Å². The minimum absolute atomic E-state index is 0.239. The molecule has 3 rings (SSSR count). The Hall–Kier alpha value is -1.35. The summed E-state index contributed by atoms with van der Waals surface area (Å²) >= 11 is 0. The van der Waals surface area contributed by atoms with Crippen LogP contribution in [0.15, 0.2) is 30.3 Å². The first-order chi connectivity index (χ1) is 11.2.